The second-order valence-corrected chi connectivity index (χ2v) is 3.26. The van der Waals surface area contributed by atoms with E-state index in [-0.39, 0.29) is 0 Å². The lowest BCUT2D eigenvalue weighted by Gasteiger charge is -2.17. The molecular formula is C10H8F5NO4. The van der Waals surface area contributed by atoms with Gasteiger partial charge >= 0.3 is 12.3 Å². The minimum Gasteiger partial charge on any atom is -0.478 e. The normalized spacial score (nSPS) is 11.4. The Labute approximate surface area is 109 Å². The first-order valence-corrected chi connectivity index (χ1v) is 4.90. The van der Waals surface area contributed by atoms with Crippen molar-refractivity contribution in [1.82, 2.24) is 4.98 Å². The van der Waals surface area contributed by atoms with Crippen LogP contribution in [0.3, 0.4) is 0 Å². The summed E-state index contributed by atoms with van der Waals surface area (Å²) in [5.74, 6) is -3.48. The number of halogens is 5. The third-order valence-corrected chi connectivity index (χ3v) is 2.07. The summed E-state index contributed by atoms with van der Waals surface area (Å²) in [4.78, 5) is 14.6. The third kappa shape index (κ3) is 3.45. The summed E-state index contributed by atoms with van der Waals surface area (Å²) >= 11 is 0. The Kier molecular flexibility index (Phi) is 4.69. The van der Waals surface area contributed by atoms with Gasteiger partial charge in [0.05, 0.1) is 25.3 Å². The van der Waals surface area contributed by atoms with Gasteiger partial charge in [0.2, 0.25) is 5.75 Å². The van der Waals surface area contributed by atoms with Gasteiger partial charge in [0.15, 0.2) is 0 Å². The summed E-state index contributed by atoms with van der Waals surface area (Å²) in [6, 6.07) is 0. The van der Waals surface area contributed by atoms with Crippen molar-refractivity contribution in [3.8, 4) is 11.6 Å². The maximum absolute atomic E-state index is 12.9. The fourth-order valence-corrected chi connectivity index (χ4v) is 1.34. The molecule has 0 aliphatic rings. The average molecular weight is 301 g/mol. The van der Waals surface area contributed by atoms with Gasteiger partial charge in [0.25, 0.3) is 12.3 Å². The Morgan fingerprint density at radius 3 is 2.30 bits per heavy atom. The van der Waals surface area contributed by atoms with Gasteiger partial charge in [-0.05, 0) is 0 Å². The third-order valence-electron chi connectivity index (χ3n) is 2.07. The molecule has 0 aliphatic carbocycles. The molecule has 112 valence electrons. The topological polar surface area (TPSA) is 57.7 Å². The largest absolute Gasteiger partial charge is 0.573 e. The average Bonchev–Trinajstić information content (AvgIpc) is 2.35. The quantitative estimate of drug-likeness (QED) is 0.632. The SMILES string of the molecule is COC(=O)c1cnc(OC)c(OC(F)(F)F)c1C(F)F. The molecule has 0 saturated heterocycles. The highest BCUT2D eigenvalue weighted by atomic mass is 19.4. The van der Waals surface area contributed by atoms with Gasteiger partial charge in [-0.1, -0.05) is 0 Å². The van der Waals surface area contributed by atoms with Crippen molar-refractivity contribution in [2.45, 2.75) is 12.8 Å². The second kappa shape index (κ2) is 5.88. The van der Waals surface area contributed by atoms with Crippen LogP contribution in [0, 0.1) is 0 Å². The van der Waals surface area contributed by atoms with Crippen LogP contribution in [0.15, 0.2) is 6.20 Å². The minimum absolute atomic E-state index is 0.620. The molecule has 1 rings (SSSR count). The second-order valence-electron chi connectivity index (χ2n) is 3.26. The molecule has 0 unspecified atom stereocenters. The van der Waals surface area contributed by atoms with Crippen LogP contribution in [0.5, 0.6) is 11.6 Å². The van der Waals surface area contributed by atoms with Gasteiger partial charge in [-0.25, -0.2) is 18.6 Å². The number of ether oxygens (including phenoxy) is 3. The van der Waals surface area contributed by atoms with E-state index in [1.807, 2.05) is 0 Å². The van der Waals surface area contributed by atoms with E-state index >= 15 is 0 Å². The maximum atomic E-state index is 12.9. The van der Waals surface area contributed by atoms with Crippen LogP contribution in [-0.4, -0.2) is 31.5 Å². The zero-order valence-electron chi connectivity index (χ0n) is 10.1. The lowest BCUT2D eigenvalue weighted by atomic mass is 10.1. The molecule has 0 atom stereocenters. The number of carbonyl (C=O) groups excluding carboxylic acids is 1. The number of nitrogens with zero attached hydrogens (tertiary/aromatic N) is 1. The molecular weight excluding hydrogens is 293 g/mol. The molecule has 0 aromatic carbocycles. The smallest absolute Gasteiger partial charge is 0.478 e. The Hall–Kier alpha value is -2.13. The van der Waals surface area contributed by atoms with Gasteiger partial charge in [-0.15, -0.1) is 13.2 Å². The highest BCUT2D eigenvalue weighted by Crippen LogP contribution is 2.40. The number of aromatic nitrogens is 1. The number of pyridine rings is 1. The van der Waals surface area contributed by atoms with Crippen molar-refractivity contribution in [1.29, 1.82) is 0 Å². The number of methoxy groups -OCH3 is 2. The standard InChI is InChI=1S/C10H8F5NO4/c1-18-8-6(20-10(13,14)15)5(7(11)12)4(3-16-8)9(17)19-2/h3,7H,1-2H3. The minimum atomic E-state index is -5.26. The zero-order valence-corrected chi connectivity index (χ0v) is 10.1. The maximum Gasteiger partial charge on any atom is 0.573 e. The van der Waals surface area contributed by atoms with Crippen LogP contribution >= 0.6 is 0 Å². The van der Waals surface area contributed by atoms with E-state index in [2.05, 4.69) is 19.2 Å². The van der Waals surface area contributed by atoms with Crippen molar-refractivity contribution in [2.75, 3.05) is 14.2 Å². The van der Waals surface area contributed by atoms with Crippen molar-refractivity contribution >= 4 is 5.97 Å². The van der Waals surface area contributed by atoms with Gasteiger partial charge in [-0.3, -0.25) is 0 Å². The van der Waals surface area contributed by atoms with Crippen LogP contribution in [0.25, 0.3) is 0 Å². The van der Waals surface area contributed by atoms with E-state index in [0.29, 0.717) is 6.20 Å². The molecule has 0 radical (unpaired) electrons. The molecule has 5 nitrogen and oxygen atoms in total. The lowest BCUT2D eigenvalue weighted by Crippen LogP contribution is -2.20. The molecule has 0 spiro atoms. The first kappa shape index (κ1) is 15.9. The summed E-state index contributed by atoms with van der Waals surface area (Å²) in [5.41, 5.74) is -2.15. The molecule has 0 N–H and O–H groups in total. The fourth-order valence-electron chi connectivity index (χ4n) is 1.34. The Morgan fingerprint density at radius 2 is 1.90 bits per heavy atom. The van der Waals surface area contributed by atoms with Crippen molar-refractivity contribution in [2.24, 2.45) is 0 Å². The summed E-state index contributed by atoms with van der Waals surface area (Å²) in [6.07, 6.45) is -8.07. The monoisotopic (exact) mass is 301 g/mol. The predicted molar refractivity (Wildman–Crippen MR) is 53.8 cm³/mol. The highest BCUT2D eigenvalue weighted by Gasteiger charge is 2.37. The molecule has 1 aromatic heterocycles. The Balaban J connectivity index is 3.53. The van der Waals surface area contributed by atoms with E-state index in [4.69, 9.17) is 0 Å². The fraction of sp³-hybridized carbons (Fsp3) is 0.400. The van der Waals surface area contributed by atoms with E-state index in [0.717, 1.165) is 14.2 Å². The summed E-state index contributed by atoms with van der Waals surface area (Å²) < 4.78 is 74.7. The number of carbonyl (C=O) groups is 1. The highest BCUT2D eigenvalue weighted by molar-refractivity contribution is 5.91. The molecule has 0 amide bonds. The number of hydrogen-bond acceptors (Lipinski definition) is 5. The van der Waals surface area contributed by atoms with E-state index in [9.17, 15) is 26.7 Å². The number of rotatable bonds is 4. The molecule has 0 bridgehead atoms. The number of hydrogen-bond donors (Lipinski definition) is 0. The molecule has 1 heterocycles. The summed E-state index contributed by atoms with van der Waals surface area (Å²) in [6.45, 7) is 0. The lowest BCUT2D eigenvalue weighted by molar-refractivity contribution is -0.275. The Morgan fingerprint density at radius 1 is 1.30 bits per heavy atom. The molecule has 0 aliphatic heterocycles. The van der Waals surface area contributed by atoms with Gasteiger partial charge in [-0.2, -0.15) is 0 Å². The van der Waals surface area contributed by atoms with Crippen molar-refractivity contribution in [3.05, 3.63) is 17.3 Å². The van der Waals surface area contributed by atoms with Crippen molar-refractivity contribution in [3.63, 3.8) is 0 Å². The van der Waals surface area contributed by atoms with Gasteiger partial charge < -0.3 is 14.2 Å². The van der Waals surface area contributed by atoms with Gasteiger partial charge in [0, 0.05) is 6.20 Å². The van der Waals surface area contributed by atoms with Gasteiger partial charge in [0.1, 0.15) is 0 Å². The first-order valence-electron chi connectivity index (χ1n) is 4.90. The van der Waals surface area contributed by atoms with Crippen LogP contribution in [0.2, 0.25) is 0 Å². The van der Waals surface area contributed by atoms with Crippen molar-refractivity contribution < 1.29 is 41.0 Å². The van der Waals surface area contributed by atoms with E-state index in [1.165, 1.54) is 0 Å². The summed E-state index contributed by atoms with van der Waals surface area (Å²) in [7, 11) is 1.80. The predicted octanol–water partition coefficient (Wildman–Crippen LogP) is 2.71. The van der Waals surface area contributed by atoms with E-state index in [1.54, 1.807) is 0 Å². The van der Waals surface area contributed by atoms with Crippen LogP contribution < -0.4 is 9.47 Å². The molecule has 1 aromatic rings. The van der Waals surface area contributed by atoms with Crippen LogP contribution in [0.4, 0.5) is 22.0 Å². The molecule has 0 saturated carbocycles. The summed E-state index contributed by atoms with van der Waals surface area (Å²) in [5, 5.41) is 0. The molecule has 20 heavy (non-hydrogen) atoms. The molecule has 0 fully saturated rings. The zero-order chi connectivity index (χ0) is 15.5. The van der Waals surface area contributed by atoms with Crippen LogP contribution in [-0.2, 0) is 4.74 Å². The first-order chi connectivity index (χ1) is 9.21. The Bertz CT molecular complexity index is 503. The number of alkyl halides is 5. The number of esters is 1. The van der Waals surface area contributed by atoms with E-state index < -0.39 is 41.5 Å². The van der Waals surface area contributed by atoms with Crippen LogP contribution in [0.1, 0.15) is 22.3 Å². The molecule has 10 heteroatoms.